The molecular weight excluding hydrogens is 466 g/mol. The smallest absolute Gasteiger partial charge is 0.252 e. The number of halogens is 1. The molecule has 3 aromatic rings. The number of amides is 1. The van der Waals surface area contributed by atoms with Crippen molar-refractivity contribution < 1.29 is 9.59 Å². The Morgan fingerprint density at radius 2 is 1.90 bits per heavy atom. The molecule has 0 aliphatic carbocycles. The van der Waals surface area contributed by atoms with Gasteiger partial charge in [-0.3, -0.25) is 9.59 Å². The Morgan fingerprint density at radius 3 is 2.57 bits per heavy atom. The van der Waals surface area contributed by atoms with Crippen molar-refractivity contribution in [3.05, 3.63) is 75.5 Å². The van der Waals surface area contributed by atoms with E-state index in [0.717, 1.165) is 4.47 Å². The first-order chi connectivity index (χ1) is 14.5. The van der Waals surface area contributed by atoms with Gasteiger partial charge in [0.1, 0.15) is 0 Å². The maximum atomic E-state index is 12.4. The maximum Gasteiger partial charge on any atom is 0.252 e. The minimum Gasteiger partial charge on any atom is -0.345 e. The summed E-state index contributed by atoms with van der Waals surface area (Å²) in [6.07, 6.45) is 0. The van der Waals surface area contributed by atoms with Crippen LogP contribution in [-0.2, 0) is 13.1 Å². The SMILES string of the molecule is CCn1c(CNC(=O)c2ccccc2Br)nnc1SCC(=O)c1ccc(C#N)cc1. The topological polar surface area (TPSA) is 101 Å². The highest BCUT2D eigenvalue weighted by Crippen LogP contribution is 2.20. The van der Waals surface area contributed by atoms with E-state index in [-0.39, 0.29) is 24.0 Å². The molecule has 0 saturated carbocycles. The number of Topliss-reactive ketones (excluding diaryl/α,β-unsaturated/α-hetero) is 1. The number of nitrogens with one attached hydrogen (secondary N) is 1. The second kappa shape index (κ2) is 10.2. The van der Waals surface area contributed by atoms with Gasteiger partial charge in [-0.25, -0.2) is 0 Å². The van der Waals surface area contributed by atoms with Crippen LogP contribution < -0.4 is 5.32 Å². The van der Waals surface area contributed by atoms with Gasteiger partial charge in [-0.05, 0) is 47.1 Å². The summed E-state index contributed by atoms with van der Waals surface area (Å²) in [5, 5.41) is 20.7. The molecule has 152 valence electrons. The van der Waals surface area contributed by atoms with E-state index in [4.69, 9.17) is 5.26 Å². The monoisotopic (exact) mass is 483 g/mol. The normalized spacial score (nSPS) is 10.4. The Bertz CT molecular complexity index is 1110. The molecule has 1 N–H and O–H groups in total. The predicted molar refractivity (Wildman–Crippen MR) is 117 cm³/mol. The fraction of sp³-hybridized carbons (Fsp3) is 0.190. The zero-order valence-electron chi connectivity index (χ0n) is 16.1. The molecule has 0 fully saturated rings. The van der Waals surface area contributed by atoms with Crippen LogP contribution in [0.2, 0.25) is 0 Å². The first-order valence-electron chi connectivity index (χ1n) is 9.14. The maximum absolute atomic E-state index is 12.4. The summed E-state index contributed by atoms with van der Waals surface area (Å²) in [6.45, 7) is 2.79. The molecular formula is C21H18BrN5O2S. The third kappa shape index (κ3) is 5.14. The van der Waals surface area contributed by atoms with Gasteiger partial charge in [0.05, 0.1) is 29.5 Å². The van der Waals surface area contributed by atoms with Gasteiger partial charge in [-0.1, -0.05) is 36.0 Å². The first kappa shape index (κ1) is 21.7. The Morgan fingerprint density at radius 1 is 1.17 bits per heavy atom. The van der Waals surface area contributed by atoms with Crippen LogP contribution in [0.15, 0.2) is 58.2 Å². The van der Waals surface area contributed by atoms with Gasteiger partial charge in [-0.2, -0.15) is 5.26 Å². The highest BCUT2D eigenvalue weighted by molar-refractivity contribution is 9.10. The third-order valence-corrected chi connectivity index (χ3v) is 5.96. The van der Waals surface area contributed by atoms with Crippen LogP contribution in [-0.4, -0.2) is 32.2 Å². The summed E-state index contributed by atoms with van der Waals surface area (Å²) >= 11 is 4.66. The third-order valence-electron chi connectivity index (χ3n) is 4.30. The molecule has 0 atom stereocenters. The Balaban J connectivity index is 1.62. The second-order valence-corrected chi connectivity index (χ2v) is 8.00. The number of carbonyl (C=O) groups is 2. The molecule has 1 heterocycles. The van der Waals surface area contributed by atoms with Gasteiger partial charge in [0.25, 0.3) is 5.91 Å². The fourth-order valence-electron chi connectivity index (χ4n) is 2.72. The molecule has 30 heavy (non-hydrogen) atoms. The number of rotatable bonds is 8. The minimum atomic E-state index is -0.210. The predicted octanol–water partition coefficient (Wildman–Crippen LogP) is 3.84. The largest absolute Gasteiger partial charge is 0.345 e. The number of carbonyl (C=O) groups excluding carboxylic acids is 2. The zero-order chi connectivity index (χ0) is 21.5. The van der Waals surface area contributed by atoms with Crippen molar-refractivity contribution in [2.24, 2.45) is 0 Å². The molecule has 9 heteroatoms. The molecule has 0 radical (unpaired) electrons. The van der Waals surface area contributed by atoms with Crippen LogP contribution in [0.4, 0.5) is 0 Å². The van der Waals surface area contributed by atoms with E-state index < -0.39 is 0 Å². The van der Waals surface area contributed by atoms with Gasteiger partial charge < -0.3 is 9.88 Å². The van der Waals surface area contributed by atoms with Crippen LogP contribution in [0.1, 0.15) is 39.0 Å². The lowest BCUT2D eigenvalue weighted by Crippen LogP contribution is -2.25. The van der Waals surface area contributed by atoms with E-state index in [1.54, 1.807) is 36.4 Å². The van der Waals surface area contributed by atoms with Crippen LogP contribution in [0.5, 0.6) is 0 Å². The molecule has 0 saturated heterocycles. The van der Waals surface area contributed by atoms with E-state index in [1.807, 2.05) is 29.7 Å². The van der Waals surface area contributed by atoms with Gasteiger partial charge in [-0.15, -0.1) is 10.2 Å². The molecule has 2 aromatic carbocycles. The van der Waals surface area contributed by atoms with Crippen LogP contribution >= 0.6 is 27.7 Å². The highest BCUT2D eigenvalue weighted by Gasteiger charge is 2.16. The number of thioether (sulfide) groups is 1. The fourth-order valence-corrected chi connectivity index (χ4v) is 4.10. The lowest BCUT2D eigenvalue weighted by molar-refractivity contribution is 0.0947. The molecule has 0 spiro atoms. The first-order valence-corrected chi connectivity index (χ1v) is 10.9. The molecule has 7 nitrogen and oxygen atoms in total. The summed E-state index contributed by atoms with van der Waals surface area (Å²) in [6, 6.07) is 15.8. The molecule has 3 rings (SSSR count). The molecule has 1 amide bonds. The van der Waals surface area contributed by atoms with Gasteiger partial charge in [0.15, 0.2) is 16.8 Å². The summed E-state index contributed by atoms with van der Waals surface area (Å²) in [5.74, 6) is 0.552. The van der Waals surface area contributed by atoms with E-state index >= 15 is 0 Å². The summed E-state index contributed by atoms with van der Waals surface area (Å²) in [5.41, 5.74) is 1.60. The van der Waals surface area contributed by atoms with Crippen molar-refractivity contribution in [3.8, 4) is 6.07 Å². The quantitative estimate of drug-likeness (QED) is 0.385. The number of nitriles is 1. The minimum absolute atomic E-state index is 0.0566. The van der Waals surface area contributed by atoms with E-state index in [0.29, 0.717) is 34.2 Å². The summed E-state index contributed by atoms with van der Waals surface area (Å²) < 4.78 is 2.59. The molecule has 0 aliphatic heterocycles. The Hall–Kier alpha value is -2.96. The summed E-state index contributed by atoms with van der Waals surface area (Å²) in [4.78, 5) is 24.8. The second-order valence-electron chi connectivity index (χ2n) is 6.21. The number of benzene rings is 2. The molecule has 0 aliphatic rings. The Labute approximate surface area is 186 Å². The van der Waals surface area contributed by atoms with Crippen molar-refractivity contribution in [1.82, 2.24) is 20.1 Å². The highest BCUT2D eigenvalue weighted by atomic mass is 79.9. The van der Waals surface area contributed by atoms with Gasteiger partial charge in [0, 0.05) is 16.6 Å². The molecule has 0 unspecified atom stereocenters. The number of hydrogen-bond donors (Lipinski definition) is 1. The molecule has 0 bridgehead atoms. The van der Waals surface area contributed by atoms with Gasteiger partial charge >= 0.3 is 0 Å². The van der Waals surface area contributed by atoms with E-state index in [1.165, 1.54) is 11.8 Å². The standard InChI is InChI=1S/C21H18BrN5O2S/c1-2-27-19(12-24-20(29)16-5-3-4-6-17(16)22)25-26-21(27)30-13-18(28)15-9-7-14(11-23)8-10-15/h3-10H,2,12-13H2,1H3,(H,24,29). The average molecular weight is 484 g/mol. The number of ketones is 1. The van der Waals surface area contributed by atoms with Crippen molar-refractivity contribution in [3.63, 3.8) is 0 Å². The Kier molecular flexibility index (Phi) is 7.38. The van der Waals surface area contributed by atoms with Crippen molar-refractivity contribution in [2.45, 2.75) is 25.2 Å². The lowest BCUT2D eigenvalue weighted by Gasteiger charge is -2.09. The summed E-state index contributed by atoms with van der Waals surface area (Å²) in [7, 11) is 0. The van der Waals surface area contributed by atoms with Crippen LogP contribution in [0.3, 0.4) is 0 Å². The number of aromatic nitrogens is 3. The van der Waals surface area contributed by atoms with E-state index in [2.05, 4.69) is 31.4 Å². The average Bonchev–Trinajstić information content (AvgIpc) is 3.18. The van der Waals surface area contributed by atoms with Gasteiger partial charge in [0.2, 0.25) is 0 Å². The number of hydrogen-bond acceptors (Lipinski definition) is 6. The molecule has 1 aromatic heterocycles. The van der Waals surface area contributed by atoms with E-state index in [9.17, 15) is 9.59 Å². The van der Waals surface area contributed by atoms with Crippen molar-refractivity contribution >= 4 is 39.4 Å². The van der Waals surface area contributed by atoms with Crippen molar-refractivity contribution in [1.29, 1.82) is 5.26 Å². The van der Waals surface area contributed by atoms with Crippen molar-refractivity contribution in [2.75, 3.05) is 5.75 Å². The lowest BCUT2D eigenvalue weighted by atomic mass is 10.1. The number of nitrogens with zero attached hydrogens (tertiary/aromatic N) is 4. The van der Waals surface area contributed by atoms with Crippen LogP contribution in [0.25, 0.3) is 0 Å². The van der Waals surface area contributed by atoms with Crippen LogP contribution in [0, 0.1) is 11.3 Å². The zero-order valence-corrected chi connectivity index (χ0v) is 18.5.